The Bertz CT molecular complexity index is 1270. The van der Waals surface area contributed by atoms with Crippen molar-refractivity contribution in [2.75, 3.05) is 5.32 Å². The van der Waals surface area contributed by atoms with Crippen molar-refractivity contribution in [1.82, 2.24) is 20.1 Å². The van der Waals surface area contributed by atoms with Crippen LogP contribution in [0.15, 0.2) is 79.3 Å². The van der Waals surface area contributed by atoms with Crippen LogP contribution in [0.4, 0.5) is 5.69 Å². The summed E-state index contributed by atoms with van der Waals surface area (Å²) in [6, 6.07) is 18.0. The molecule has 2 aromatic heterocycles. The van der Waals surface area contributed by atoms with E-state index in [4.69, 9.17) is 11.6 Å². The Morgan fingerprint density at radius 3 is 2.62 bits per heavy atom. The quantitative estimate of drug-likeness (QED) is 0.460. The van der Waals surface area contributed by atoms with Crippen molar-refractivity contribution < 1.29 is 9.59 Å². The second kappa shape index (κ2) is 9.45. The first-order chi connectivity index (χ1) is 15.5. The van der Waals surface area contributed by atoms with Crippen LogP contribution in [-0.2, 0) is 6.54 Å². The number of nitrogens with zero attached hydrogens (tertiary/aromatic N) is 3. The molecule has 0 spiro atoms. The lowest BCUT2D eigenvalue weighted by Gasteiger charge is -2.09. The average Bonchev–Trinajstić information content (AvgIpc) is 3.19. The molecule has 7 nitrogen and oxygen atoms in total. The fourth-order valence-corrected chi connectivity index (χ4v) is 3.42. The van der Waals surface area contributed by atoms with Gasteiger partial charge in [0.25, 0.3) is 11.8 Å². The van der Waals surface area contributed by atoms with E-state index in [0.717, 1.165) is 11.3 Å². The van der Waals surface area contributed by atoms with Crippen LogP contribution in [0, 0.1) is 6.92 Å². The number of amides is 2. The molecule has 2 amide bonds. The van der Waals surface area contributed by atoms with Gasteiger partial charge in [-0.2, -0.15) is 5.10 Å². The second-order valence-corrected chi connectivity index (χ2v) is 7.55. The third-order valence-electron chi connectivity index (χ3n) is 4.87. The number of anilines is 1. The van der Waals surface area contributed by atoms with Crippen LogP contribution in [-0.4, -0.2) is 26.6 Å². The summed E-state index contributed by atoms with van der Waals surface area (Å²) in [6.07, 6.45) is 4.65. The normalized spacial score (nSPS) is 10.6. The molecular weight excluding hydrogens is 426 g/mol. The van der Waals surface area contributed by atoms with Crippen molar-refractivity contribution in [3.05, 3.63) is 107 Å². The molecule has 0 saturated heterocycles. The van der Waals surface area contributed by atoms with Crippen molar-refractivity contribution >= 4 is 29.1 Å². The van der Waals surface area contributed by atoms with E-state index in [-0.39, 0.29) is 11.8 Å². The van der Waals surface area contributed by atoms with E-state index in [2.05, 4.69) is 20.7 Å². The first-order valence-electron chi connectivity index (χ1n) is 9.90. The Balaban J connectivity index is 1.41. The molecule has 0 aliphatic rings. The van der Waals surface area contributed by atoms with E-state index in [1.165, 1.54) is 12.4 Å². The van der Waals surface area contributed by atoms with Gasteiger partial charge in [0, 0.05) is 29.6 Å². The van der Waals surface area contributed by atoms with Crippen LogP contribution >= 0.6 is 11.6 Å². The summed E-state index contributed by atoms with van der Waals surface area (Å²) in [5.74, 6) is -0.482. The van der Waals surface area contributed by atoms with Crippen molar-refractivity contribution in [1.29, 1.82) is 0 Å². The van der Waals surface area contributed by atoms with Gasteiger partial charge in [-0.25, -0.2) is 4.68 Å². The number of hydrogen-bond acceptors (Lipinski definition) is 4. The van der Waals surface area contributed by atoms with Crippen molar-refractivity contribution in [3.63, 3.8) is 0 Å². The van der Waals surface area contributed by atoms with Gasteiger partial charge in [0.15, 0.2) is 0 Å². The monoisotopic (exact) mass is 445 g/mol. The molecule has 2 heterocycles. The third kappa shape index (κ3) is 4.84. The number of hydrogen-bond donors (Lipinski definition) is 2. The fourth-order valence-electron chi connectivity index (χ4n) is 3.24. The molecule has 4 aromatic rings. The van der Waals surface area contributed by atoms with Gasteiger partial charge in [-0.1, -0.05) is 29.8 Å². The molecule has 160 valence electrons. The fraction of sp³-hybridized carbons (Fsp3) is 0.0833. The SMILES string of the molecule is Cc1c(C(=O)NCc2cccc(NC(=O)c3cccnc3)c2)cnn1-c1cccc(Cl)c1. The lowest BCUT2D eigenvalue weighted by molar-refractivity contribution is 0.0949. The zero-order valence-electron chi connectivity index (χ0n) is 17.2. The van der Waals surface area contributed by atoms with E-state index in [1.54, 1.807) is 41.2 Å². The molecule has 32 heavy (non-hydrogen) atoms. The van der Waals surface area contributed by atoms with Gasteiger partial charge in [-0.05, 0) is 55.0 Å². The molecule has 8 heteroatoms. The molecule has 0 atom stereocenters. The number of carbonyl (C=O) groups is 2. The third-order valence-corrected chi connectivity index (χ3v) is 5.10. The van der Waals surface area contributed by atoms with Gasteiger partial charge < -0.3 is 10.6 Å². The lowest BCUT2D eigenvalue weighted by atomic mass is 10.1. The number of aromatic nitrogens is 3. The molecule has 4 rings (SSSR count). The van der Waals surface area contributed by atoms with E-state index in [1.807, 2.05) is 37.3 Å². The maximum Gasteiger partial charge on any atom is 0.257 e. The predicted molar refractivity (Wildman–Crippen MR) is 123 cm³/mol. The largest absolute Gasteiger partial charge is 0.348 e. The second-order valence-electron chi connectivity index (χ2n) is 7.11. The molecule has 0 aliphatic heterocycles. The van der Waals surface area contributed by atoms with Gasteiger partial charge in [0.05, 0.1) is 28.7 Å². The van der Waals surface area contributed by atoms with E-state index < -0.39 is 0 Å². The highest BCUT2D eigenvalue weighted by molar-refractivity contribution is 6.30. The lowest BCUT2D eigenvalue weighted by Crippen LogP contribution is -2.23. The minimum absolute atomic E-state index is 0.236. The van der Waals surface area contributed by atoms with Gasteiger partial charge in [-0.3, -0.25) is 14.6 Å². The van der Waals surface area contributed by atoms with E-state index >= 15 is 0 Å². The Hall–Kier alpha value is -3.97. The maximum atomic E-state index is 12.7. The number of nitrogens with one attached hydrogen (secondary N) is 2. The molecule has 2 N–H and O–H groups in total. The maximum absolute atomic E-state index is 12.7. The van der Waals surface area contributed by atoms with Crippen molar-refractivity contribution in [2.45, 2.75) is 13.5 Å². The highest BCUT2D eigenvalue weighted by atomic mass is 35.5. The summed E-state index contributed by atoms with van der Waals surface area (Å²) in [7, 11) is 0. The summed E-state index contributed by atoms with van der Waals surface area (Å²) >= 11 is 6.06. The average molecular weight is 446 g/mol. The van der Waals surface area contributed by atoms with Crippen LogP contribution in [0.1, 0.15) is 32.0 Å². The Labute approximate surface area is 190 Å². The Morgan fingerprint density at radius 1 is 1.00 bits per heavy atom. The van der Waals surface area contributed by atoms with E-state index in [0.29, 0.717) is 34.1 Å². The minimum Gasteiger partial charge on any atom is -0.348 e. The summed E-state index contributed by atoms with van der Waals surface area (Å²) in [4.78, 5) is 29.0. The van der Waals surface area contributed by atoms with Crippen LogP contribution in [0.25, 0.3) is 5.69 Å². The smallest absolute Gasteiger partial charge is 0.257 e. The van der Waals surface area contributed by atoms with Crippen LogP contribution in [0.2, 0.25) is 5.02 Å². The summed E-state index contributed by atoms with van der Waals surface area (Å²) < 4.78 is 1.68. The molecule has 0 saturated carbocycles. The van der Waals surface area contributed by atoms with Gasteiger partial charge in [0.2, 0.25) is 0 Å². The highest BCUT2D eigenvalue weighted by Gasteiger charge is 2.15. The number of carbonyl (C=O) groups excluding carboxylic acids is 2. The number of rotatable bonds is 6. The van der Waals surface area contributed by atoms with Crippen LogP contribution in [0.5, 0.6) is 0 Å². The van der Waals surface area contributed by atoms with Gasteiger partial charge >= 0.3 is 0 Å². The van der Waals surface area contributed by atoms with Gasteiger partial charge in [0.1, 0.15) is 0 Å². The highest BCUT2D eigenvalue weighted by Crippen LogP contribution is 2.18. The number of pyridine rings is 1. The summed E-state index contributed by atoms with van der Waals surface area (Å²) in [6.45, 7) is 2.13. The predicted octanol–water partition coefficient (Wildman–Crippen LogP) is 4.41. The Morgan fingerprint density at radius 2 is 1.84 bits per heavy atom. The number of benzene rings is 2. The molecule has 0 fully saturated rings. The molecule has 0 unspecified atom stereocenters. The molecule has 0 bridgehead atoms. The van der Waals surface area contributed by atoms with Crippen molar-refractivity contribution in [2.24, 2.45) is 0 Å². The summed E-state index contributed by atoms with van der Waals surface area (Å²) in [5, 5.41) is 10.7. The Kier molecular flexibility index (Phi) is 6.28. The number of halogens is 1. The summed E-state index contributed by atoms with van der Waals surface area (Å²) in [5.41, 5.74) is 3.93. The van der Waals surface area contributed by atoms with Crippen LogP contribution in [0.3, 0.4) is 0 Å². The van der Waals surface area contributed by atoms with E-state index in [9.17, 15) is 9.59 Å². The first-order valence-corrected chi connectivity index (χ1v) is 10.3. The molecule has 2 aromatic carbocycles. The zero-order valence-corrected chi connectivity index (χ0v) is 18.0. The minimum atomic E-state index is -0.247. The van der Waals surface area contributed by atoms with Crippen molar-refractivity contribution in [3.8, 4) is 5.69 Å². The van der Waals surface area contributed by atoms with Gasteiger partial charge in [-0.15, -0.1) is 0 Å². The van der Waals surface area contributed by atoms with Crippen LogP contribution < -0.4 is 10.6 Å². The first kappa shape index (κ1) is 21.3. The molecular formula is C24H20ClN5O2. The molecule has 0 aliphatic carbocycles. The zero-order chi connectivity index (χ0) is 22.5. The molecule has 0 radical (unpaired) electrons. The topological polar surface area (TPSA) is 88.9 Å². The standard InChI is InChI=1S/C24H20ClN5O2/c1-16-22(15-28-30(16)21-9-3-7-19(25)12-21)24(32)27-13-17-5-2-8-20(11-17)29-23(31)18-6-4-10-26-14-18/h2-12,14-15H,13H2,1H3,(H,27,32)(H,29,31).